The third-order valence-electron chi connectivity index (χ3n) is 3.54. The van der Waals surface area contributed by atoms with Crippen LogP contribution < -0.4 is 5.32 Å². The van der Waals surface area contributed by atoms with Gasteiger partial charge >= 0.3 is 0 Å². The van der Waals surface area contributed by atoms with Crippen molar-refractivity contribution in [3.63, 3.8) is 0 Å². The second-order valence-corrected chi connectivity index (χ2v) is 5.90. The average Bonchev–Trinajstić information content (AvgIpc) is 2.70. The SMILES string of the molecule is CCNC1CCN(CCN2CCSCC2)C1=O. The predicted molar refractivity (Wildman–Crippen MR) is 72.4 cm³/mol. The lowest BCUT2D eigenvalue weighted by atomic mass is 10.2. The van der Waals surface area contributed by atoms with Crippen LogP contribution in [0, 0.1) is 0 Å². The quantitative estimate of drug-likeness (QED) is 0.766. The minimum absolute atomic E-state index is 0.0805. The summed E-state index contributed by atoms with van der Waals surface area (Å²) < 4.78 is 0. The summed E-state index contributed by atoms with van der Waals surface area (Å²) >= 11 is 2.03. The van der Waals surface area contributed by atoms with Gasteiger partial charge in [0.2, 0.25) is 5.91 Å². The lowest BCUT2D eigenvalue weighted by molar-refractivity contribution is -0.129. The number of carbonyl (C=O) groups is 1. The van der Waals surface area contributed by atoms with Crippen molar-refractivity contribution < 1.29 is 4.79 Å². The standard InChI is InChI=1S/C12H23N3OS/c1-2-13-11-3-4-15(12(11)16)6-5-14-7-9-17-10-8-14/h11,13H,2-10H2,1H3. The molecule has 0 aliphatic carbocycles. The molecule has 2 saturated heterocycles. The Kier molecular flexibility index (Phi) is 5.13. The Morgan fingerprint density at radius 2 is 2.06 bits per heavy atom. The first-order valence-corrected chi connectivity index (χ1v) is 7.79. The van der Waals surface area contributed by atoms with Crippen LogP contribution >= 0.6 is 11.8 Å². The highest BCUT2D eigenvalue weighted by Gasteiger charge is 2.30. The van der Waals surface area contributed by atoms with Crippen molar-refractivity contribution in [2.45, 2.75) is 19.4 Å². The van der Waals surface area contributed by atoms with E-state index in [-0.39, 0.29) is 6.04 Å². The fourth-order valence-electron chi connectivity index (χ4n) is 2.48. The van der Waals surface area contributed by atoms with Crippen LogP contribution in [-0.2, 0) is 4.79 Å². The maximum Gasteiger partial charge on any atom is 0.239 e. The van der Waals surface area contributed by atoms with E-state index in [4.69, 9.17) is 0 Å². The van der Waals surface area contributed by atoms with E-state index in [9.17, 15) is 4.79 Å². The zero-order valence-corrected chi connectivity index (χ0v) is 11.5. The van der Waals surface area contributed by atoms with E-state index in [2.05, 4.69) is 17.1 Å². The third-order valence-corrected chi connectivity index (χ3v) is 4.48. The summed E-state index contributed by atoms with van der Waals surface area (Å²) in [5.74, 6) is 2.79. The molecule has 2 heterocycles. The molecule has 0 bridgehead atoms. The minimum atomic E-state index is 0.0805. The van der Waals surface area contributed by atoms with Gasteiger partial charge in [-0.15, -0.1) is 0 Å². The Morgan fingerprint density at radius 3 is 2.76 bits per heavy atom. The normalized spacial score (nSPS) is 26.8. The van der Waals surface area contributed by atoms with Crippen molar-refractivity contribution >= 4 is 17.7 Å². The van der Waals surface area contributed by atoms with E-state index in [1.165, 1.54) is 24.6 Å². The zero-order chi connectivity index (χ0) is 12.1. The highest BCUT2D eigenvalue weighted by atomic mass is 32.2. The van der Waals surface area contributed by atoms with Crippen LogP contribution in [0.15, 0.2) is 0 Å². The molecule has 2 fully saturated rings. The molecule has 0 aromatic rings. The highest BCUT2D eigenvalue weighted by Crippen LogP contribution is 2.12. The van der Waals surface area contributed by atoms with E-state index in [1.807, 2.05) is 16.7 Å². The Hall–Kier alpha value is -0.260. The lowest BCUT2D eigenvalue weighted by Gasteiger charge is -2.28. The van der Waals surface area contributed by atoms with Gasteiger partial charge in [0, 0.05) is 44.2 Å². The first-order valence-electron chi connectivity index (χ1n) is 6.63. The number of nitrogens with zero attached hydrogens (tertiary/aromatic N) is 2. The van der Waals surface area contributed by atoms with Crippen LogP contribution in [0.2, 0.25) is 0 Å². The number of hydrogen-bond donors (Lipinski definition) is 1. The minimum Gasteiger partial charge on any atom is -0.340 e. The van der Waals surface area contributed by atoms with Crippen LogP contribution in [0.4, 0.5) is 0 Å². The smallest absolute Gasteiger partial charge is 0.239 e. The van der Waals surface area contributed by atoms with Crippen molar-refractivity contribution in [1.82, 2.24) is 15.1 Å². The molecule has 1 atom stereocenters. The summed E-state index contributed by atoms with van der Waals surface area (Å²) in [5, 5.41) is 3.25. The van der Waals surface area contributed by atoms with Crippen molar-refractivity contribution in [2.75, 3.05) is 50.8 Å². The molecular formula is C12H23N3OS. The molecule has 1 N–H and O–H groups in total. The van der Waals surface area contributed by atoms with Crippen LogP contribution in [0.3, 0.4) is 0 Å². The molecule has 2 rings (SSSR count). The van der Waals surface area contributed by atoms with Gasteiger partial charge in [0.05, 0.1) is 6.04 Å². The number of nitrogens with one attached hydrogen (secondary N) is 1. The second kappa shape index (κ2) is 6.61. The molecule has 0 spiro atoms. The Labute approximate surface area is 108 Å². The maximum absolute atomic E-state index is 12.0. The van der Waals surface area contributed by atoms with Gasteiger partial charge in [0.25, 0.3) is 0 Å². The van der Waals surface area contributed by atoms with Gasteiger partial charge in [0.15, 0.2) is 0 Å². The van der Waals surface area contributed by atoms with Crippen LogP contribution in [0.25, 0.3) is 0 Å². The van der Waals surface area contributed by atoms with Gasteiger partial charge in [-0.3, -0.25) is 9.69 Å². The van der Waals surface area contributed by atoms with Gasteiger partial charge in [-0.05, 0) is 13.0 Å². The first kappa shape index (κ1) is 13.2. The predicted octanol–water partition coefficient (Wildman–Crippen LogP) is 0.246. The molecule has 2 aliphatic heterocycles. The number of rotatable bonds is 5. The molecular weight excluding hydrogens is 234 g/mol. The Morgan fingerprint density at radius 1 is 1.29 bits per heavy atom. The van der Waals surface area contributed by atoms with Crippen molar-refractivity contribution in [3.05, 3.63) is 0 Å². The number of thioether (sulfide) groups is 1. The fourth-order valence-corrected chi connectivity index (χ4v) is 3.46. The fraction of sp³-hybridized carbons (Fsp3) is 0.917. The summed E-state index contributed by atoms with van der Waals surface area (Å²) in [6.45, 7) is 8.19. The molecule has 2 aliphatic rings. The summed E-state index contributed by atoms with van der Waals surface area (Å²) in [6.07, 6.45) is 0.975. The molecule has 0 aromatic heterocycles. The summed E-state index contributed by atoms with van der Waals surface area (Å²) in [5.41, 5.74) is 0. The van der Waals surface area contributed by atoms with E-state index in [0.29, 0.717) is 5.91 Å². The van der Waals surface area contributed by atoms with Gasteiger partial charge in [-0.2, -0.15) is 11.8 Å². The summed E-state index contributed by atoms with van der Waals surface area (Å²) in [6, 6.07) is 0.0805. The number of likely N-dealkylation sites (tertiary alicyclic amines) is 1. The number of hydrogen-bond acceptors (Lipinski definition) is 4. The van der Waals surface area contributed by atoms with E-state index in [0.717, 1.165) is 32.6 Å². The topological polar surface area (TPSA) is 35.6 Å². The van der Waals surface area contributed by atoms with Crippen molar-refractivity contribution in [3.8, 4) is 0 Å². The molecule has 0 radical (unpaired) electrons. The molecule has 0 aromatic carbocycles. The second-order valence-electron chi connectivity index (χ2n) is 4.68. The lowest BCUT2D eigenvalue weighted by Crippen LogP contribution is -2.42. The molecule has 0 saturated carbocycles. The first-order chi connectivity index (χ1) is 8.31. The monoisotopic (exact) mass is 257 g/mol. The van der Waals surface area contributed by atoms with Gasteiger partial charge in [0.1, 0.15) is 0 Å². The molecule has 4 nitrogen and oxygen atoms in total. The van der Waals surface area contributed by atoms with Crippen molar-refractivity contribution in [1.29, 1.82) is 0 Å². The van der Waals surface area contributed by atoms with Gasteiger partial charge in [-0.1, -0.05) is 6.92 Å². The summed E-state index contributed by atoms with van der Waals surface area (Å²) in [7, 11) is 0. The molecule has 1 unspecified atom stereocenters. The number of amides is 1. The molecule has 1 amide bonds. The average molecular weight is 257 g/mol. The highest BCUT2D eigenvalue weighted by molar-refractivity contribution is 7.99. The van der Waals surface area contributed by atoms with E-state index in [1.54, 1.807) is 0 Å². The molecule has 98 valence electrons. The zero-order valence-electron chi connectivity index (χ0n) is 10.7. The Bertz CT molecular complexity index is 256. The van der Waals surface area contributed by atoms with Crippen molar-refractivity contribution in [2.24, 2.45) is 0 Å². The van der Waals surface area contributed by atoms with Gasteiger partial charge < -0.3 is 10.2 Å². The van der Waals surface area contributed by atoms with Crippen LogP contribution in [0.5, 0.6) is 0 Å². The maximum atomic E-state index is 12.0. The number of likely N-dealkylation sites (N-methyl/N-ethyl adjacent to an activating group) is 1. The molecule has 17 heavy (non-hydrogen) atoms. The number of carbonyl (C=O) groups excluding carboxylic acids is 1. The molecule has 5 heteroatoms. The Balaban J connectivity index is 1.70. The van der Waals surface area contributed by atoms with Crippen LogP contribution in [0.1, 0.15) is 13.3 Å². The van der Waals surface area contributed by atoms with Crippen LogP contribution in [-0.4, -0.2) is 72.5 Å². The van der Waals surface area contributed by atoms with E-state index >= 15 is 0 Å². The van der Waals surface area contributed by atoms with E-state index < -0.39 is 0 Å². The largest absolute Gasteiger partial charge is 0.340 e. The van der Waals surface area contributed by atoms with Gasteiger partial charge in [-0.25, -0.2) is 0 Å². The third kappa shape index (κ3) is 3.60. The summed E-state index contributed by atoms with van der Waals surface area (Å²) in [4.78, 5) is 16.5.